The van der Waals surface area contributed by atoms with E-state index in [0.717, 1.165) is 44.1 Å². The standard InChI is InChI=1S/C16H22N2O.ClH/c1-11-5-6-18(10-12(11)2)16(19)13-3-4-14-8-17-9-15(14)7-13;/h3-4,7,11-12,17H,5-6,8-10H2,1-2H3;1H. The summed E-state index contributed by atoms with van der Waals surface area (Å²) in [5.41, 5.74) is 3.46. The number of fused-ring (bicyclic) bond motifs is 1. The Balaban J connectivity index is 0.00000147. The molecule has 0 bridgehead atoms. The van der Waals surface area contributed by atoms with Crippen LogP contribution in [0.2, 0.25) is 0 Å². The Hall–Kier alpha value is -1.06. The zero-order chi connectivity index (χ0) is 13.4. The third-order valence-electron chi connectivity index (χ3n) is 4.71. The number of nitrogens with one attached hydrogen (secondary N) is 1. The molecule has 3 nitrogen and oxygen atoms in total. The molecule has 0 aliphatic carbocycles. The maximum Gasteiger partial charge on any atom is 0.253 e. The van der Waals surface area contributed by atoms with Crippen molar-refractivity contribution in [1.29, 1.82) is 0 Å². The second-order valence-electron chi connectivity index (χ2n) is 6.08. The molecule has 1 N–H and O–H groups in total. The first kappa shape index (κ1) is 15.3. The monoisotopic (exact) mass is 294 g/mol. The number of piperidine rings is 1. The lowest BCUT2D eigenvalue weighted by Gasteiger charge is -2.35. The van der Waals surface area contributed by atoms with Crippen LogP contribution in [0.4, 0.5) is 0 Å². The molecule has 3 rings (SSSR count). The van der Waals surface area contributed by atoms with Gasteiger partial charge in [-0.05, 0) is 41.5 Å². The number of likely N-dealkylation sites (tertiary alicyclic amines) is 1. The highest BCUT2D eigenvalue weighted by atomic mass is 35.5. The van der Waals surface area contributed by atoms with Crippen molar-refractivity contribution in [2.24, 2.45) is 11.8 Å². The van der Waals surface area contributed by atoms with E-state index in [1.165, 1.54) is 11.1 Å². The number of hydrogen-bond donors (Lipinski definition) is 1. The molecule has 2 aliphatic heterocycles. The van der Waals surface area contributed by atoms with Gasteiger partial charge in [0.2, 0.25) is 0 Å². The molecule has 2 unspecified atom stereocenters. The summed E-state index contributed by atoms with van der Waals surface area (Å²) < 4.78 is 0. The molecule has 1 aromatic rings. The molecule has 0 saturated carbocycles. The molecule has 0 aromatic heterocycles. The number of amides is 1. The smallest absolute Gasteiger partial charge is 0.253 e. The van der Waals surface area contributed by atoms with Gasteiger partial charge in [0.05, 0.1) is 0 Å². The fourth-order valence-corrected chi connectivity index (χ4v) is 3.06. The summed E-state index contributed by atoms with van der Waals surface area (Å²) in [4.78, 5) is 14.6. The topological polar surface area (TPSA) is 32.3 Å². The van der Waals surface area contributed by atoms with Crippen molar-refractivity contribution in [2.45, 2.75) is 33.4 Å². The summed E-state index contributed by atoms with van der Waals surface area (Å²) in [6, 6.07) is 6.15. The van der Waals surface area contributed by atoms with Crippen molar-refractivity contribution in [1.82, 2.24) is 10.2 Å². The minimum Gasteiger partial charge on any atom is -0.338 e. The Morgan fingerprint density at radius 2 is 1.95 bits per heavy atom. The molecule has 1 saturated heterocycles. The van der Waals surface area contributed by atoms with E-state index >= 15 is 0 Å². The average molecular weight is 295 g/mol. The van der Waals surface area contributed by atoms with E-state index in [-0.39, 0.29) is 18.3 Å². The number of benzene rings is 1. The predicted octanol–water partition coefficient (Wildman–Crippen LogP) is 2.83. The highest BCUT2D eigenvalue weighted by Crippen LogP contribution is 2.24. The zero-order valence-corrected chi connectivity index (χ0v) is 13.0. The highest BCUT2D eigenvalue weighted by Gasteiger charge is 2.27. The zero-order valence-electron chi connectivity index (χ0n) is 12.2. The Morgan fingerprint density at radius 1 is 1.20 bits per heavy atom. The number of halogens is 1. The van der Waals surface area contributed by atoms with Crippen LogP contribution in [0.25, 0.3) is 0 Å². The first-order chi connectivity index (χ1) is 9.15. The number of carbonyl (C=O) groups is 1. The summed E-state index contributed by atoms with van der Waals surface area (Å²) in [7, 11) is 0. The van der Waals surface area contributed by atoms with E-state index in [1.54, 1.807) is 0 Å². The predicted molar refractivity (Wildman–Crippen MR) is 83.1 cm³/mol. The maximum atomic E-state index is 12.6. The molecule has 1 aromatic carbocycles. The third-order valence-corrected chi connectivity index (χ3v) is 4.71. The molecule has 110 valence electrons. The van der Waals surface area contributed by atoms with Crippen molar-refractivity contribution < 1.29 is 4.79 Å². The molecule has 2 atom stereocenters. The molecule has 4 heteroatoms. The molecule has 2 heterocycles. The summed E-state index contributed by atoms with van der Waals surface area (Å²) in [5.74, 6) is 1.54. The molecular formula is C16H23ClN2O. The Bertz CT molecular complexity index is 503. The van der Waals surface area contributed by atoms with Crippen LogP contribution in [0.3, 0.4) is 0 Å². The van der Waals surface area contributed by atoms with Crippen LogP contribution in [-0.2, 0) is 13.1 Å². The van der Waals surface area contributed by atoms with Crippen LogP contribution < -0.4 is 5.32 Å². The first-order valence-electron chi connectivity index (χ1n) is 7.27. The van der Waals surface area contributed by atoms with Crippen molar-refractivity contribution >= 4 is 18.3 Å². The maximum absolute atomic E-state index is 12.6. The molecule has 20 heavy (non-hydrogen) atoms. The van der Waals surface area contributed by atoms with E-state index in [4.69, 9.17) is 0 Å². The SMILES string of the molecule is CC1CCN(C(=O)c2ccc3c(c2)CNC3)CC1C.Cl. The van der Waals surface area contributed by atoms with E-state index < -0.39 is 0 Å². The number of rotatable bonds is 1. The van der Waals surface area contributed by atoms with Crippen LogP contribution in [0, 0.1) is 11.8 Å². The lowest BCUT2D eigenvalue weighted by molar-refractivity contribution is 0.0627. The van der Waals surface area contributed by atoms with Crippen LogP contribution >= 0.6 is 12.4 Å². The molecule has 2 aliphatic rings. The van der Waals surface area contributed by atoms with Gasteiger partial charge in [-0.15, -0.1) is 12.4 Å². The highest BCUT2D eigenvalue weighted by molar-refractivity contribution is 5.94. The van der Waals surface area contributed by atoms with E-state index in [2.05, 4.69) is 31.3 Å². The van der Waals surface area contributed by atoms with Gasteiger partial charge in [-0.3, -0.25) is 4.79 Å². The molecule has 0 radical (unpaired) electrons. The van der Waals surface area contributed by atoms with Gasteiger partial charge < -0.3 is 10.2 Å². The summed E-state index contributed by atoms with van der Waals surface area (Å²) in [6.07, 6.45) is 1.12. The van der Waals surface area contributed by atoms with Crippen molar-refractivity contribution in [3.63, 3.8) is 0 Å². The van der Waals surface area contributed by atoms with Gasteiger partial charge in [0.1, 0.15) is 0 Å². The Kier molecular flexibility index (Phi) is 4.71. The second kappa shape index (κ2) is 6.15. The van der Waals surface area contributed by atoms with Gasteiger partial charge in [0.15, 0.2) is 0 Å². The fraction of sp³-hybridized carbons (Fsp3) is 0.562. The normalized spacial score (nSPS) is 25.0. The average Bonchev–Trinajstić information content (AvgIpc) is 2.88. The van der Waals surface area contributed by atoms with Gasteiger partial charge >= 0.3 is 0 Å². The van der Waals surface area contributed by atoms with Crippen molar-refractivity contribution in [3.05, 3.63) is 34.9 Å². The minimum absolute atomic E-state index is 0. The third kappa shape index (κ3) is 2.84. The molecule has 0 spiro atoms. The van der Waals surface area contributed by atoms with Gasteiger partial charge in [0.25, 0.3) is 5.91 Å². The van der Waals surface area contributed by atoms with E-state index in [9.17, 15) is 4.79 Å². The molecule has 1 fully saturated rings. The van der Waals surface area contributed by atoms with Crippen molar-refractivity contribution in [3.8, 4) is 0 Å². The van der Waals surface area contributed by atoms with Gasteiger partial charge in [-0.2, -0.15) is 0 Å². The summed E-state index contributed by atoms with van der Waals surface area (Å²) >= 11 is 0. The minimum atomic E-state index is 0. The van der Waals surface area contributed by atoms with Gasteiger partial charge in [-0.25, -0.2) is 0 Å². The Labute approximate surface area is 127 Å². The van der Waals surface area contributed by atoms with Crippen LogP contribution in [0.5, 0.6) is 0 Å². The molecular weight excluding hydrogens is 272 g/mol. The lowest BCUT2D eigenvalue weighted by atomic mass is 9.88. The van der Waals surface area contributed by atoms with E-state index in [0.29, 0.717) is 5.92 Å². The number of hydrogen-bond acceptors (Lipinski definition) is 2. The number of nitrogens with zero attached hydrogens (tertiary/aromatic N) is 1. The van der Waals surface area contributed by atoms with Gasteiger partial charge in [-0.1, -0.05) is 19.9 Å². The fourth-order valence-electron chi connectivity index (χ4n) is 3.06. The second-order valence-corrected chi connectivity index (χ2v) is 6.08. The van der Waals surface area contributed by atoms with Crippen LogP contribution in [0.1, 0.15) is 41.8 Å². The largest absolute Gasteiger partial charge is 0.338 e. The summed E-state index contributed by atoms with van der Waals surface area (Å²) in [6.45, 7) is 8.16. The van der Waals surface area contributed by atoms with Gasteiger partial charge in [0, 0.05) is 31.7 Å². The molecule has 1 amide bonds. The van der Waals surface area contributed by atoms with E-state index in [1.807, 2.05) is 11.0 Å². The quantitative estimate of drug-likeness (QED) is 0.864. The first-order valence-corrected chi connectivity index (χ1v) is 7.27. The van der Waals surface area contributed by atoms with Crippen molar-refractivity contribution in [2.75, 3.05) is 13.1 Å². The van der Waals surface area contributed by atoms with Crippen LogP contribution in [-0.4, -0.2) is 23.9 Å². The number of carbonyl (C=O) groups excluding carboxylic acids is 1. The summed E-state index contributed by atoms with van der Waals surface area (Å²) in [5, 5.41) is 3.32. The Morgan fingerprint density at radius 3 is 2.70 bits per heavy atom. The van der Waals surface area contributed by atoms with Crippen LogP contribution in [0.15, 0.2) is 18.2 Å². The lowest BCUT2D eigenvalue weighted by Crippen LogP contribution is -2.42.